The summed E-state index contributed by atoms with van der Waals surface area (Å²) in [6, 6.07) is 6.00. The summed E-state index contributed by atoms with van der Waals surface area (Å²) in [5, 5.41) is 3.48. The van der Waals surface area contributed by atoms with Crippen LogP contribution in [0.3, 0.4) is 0 Å². The Morgan fingerprint density at radius 1 is 1.35 bits per heavy atom. The molecule has 0 unspecified atom stereocenters. The lowest BCUT2D eigenvalue weighted by Gasteiger charge is -2.17. The largest absolute Gasteiger partial charge is 0.313 e. The summed E-state index contributed by atoms with van der Waals surface area (Å²) in [4.78, 5) is 2.23. The minimum absolute atomic E-state index is 0.135. The van der Waals surface area contributed by atoms with Crippen LogP contribution in [0, 0.1) is 12.7 Å². The molecule has 1 fully saturated rings. The van der Waals surface area contributed by atoms with Crippen LogP contribution in [-0.2, 0) is 6.54 Å². The molecule has 17 heavy (non-hydrogen) atoms. The number of rotatable bonds is 6. The summed E-state index contributed by atoms with van der Waals surface area (Å²) in [5.74, 6) is -0.135. The molecule has 1 N–H and O–H groups in total. The second-order valence-corrected chi connectivity index (χ2v) is 5.10. The van der Waals surface area contributed by atoms with E-state index in [1.165, 1.54) is 12.8 Å². The summed E-state index contributed by atoms with van der Waals surface area (Å²) in [6.45, 7) is 4.77. The predicted molar refractivity (Wildman–Crippen MR) is 68.5 cm³/mol. The zero-order valence-corrected chi connectivity index (χ0v) is 10.7. The van der Waals surface area contributed by atoms with Crippen molar-refractivity contribution in [3.8, 4) is 0 Å². The molecule has 1 aromatic rings. The third-order valence-corrected chi connectivity index (χ3v) is 3.06. The van der Waals surface area contributed by atoms with E-state index in [1.54, 1.807) is 12.1 Å². The molecule has 0 bridgehead atoms. The molecule has 0 saturated heterocycles. The molecule has 1 aromatic carbocycles. The van der Waals surface area contributed by atoms with Gasteiger partial charge in [0.1, 0.15) is 5.82 Å². The maximum Gasteiger partial charge on any atom is 0.123 e. The van der Waals surface area contributed by atoms with Crippen molar-refractivity contribution in [1.82, 2.24) is 10.2 Å². The van der Waals surface area contributed by atoms with Crippen molar-refractivity contribution in [2.75, 3.05) is 20.1 Å². The Morgan fingerprint density at radius 2 is 2.12 bits per heavy atom. The molecule has 0 spiro atoms. The van der Waals surface area contributed by atoms with Crippen molar-refractivity contribution >= 4 is 0 Å². The van der Waals surface area contributed by atoms with Gasteiger partial charge in [0.15, 0.2) is 0 Å². The first-order valence-electron chi connectivity index (χ1n) is 6.31. The van der Waals surface area contributed by atoms with Crippen LogP contribution in [0.15, 0.2) is 18.2 Å². The fourth-order valence-electron chi connectivity index (χ4n) is 2.04. The van der Waals surface area contributed by atoms with E-state index in [1.807, 2.05) is 13.0 Å². The highest BCUT2D eigenvalue weighted by molar-refractivity contribution is 5.23. The summed E-state index contributed by atoms with van der Waals surface area (Å²) in [5.41, 5.74) is 2.04. The third kappa shape index (κ3) is 4.44. The number of likely N-dealkylation sites (N-methyl/N-ethyl adjacent to an activating group) is 1. The van der Waals surface area contributed by atoms with Gasteiger partial charge in [0.2, 0.25) is 0 Å². The maximum absolute atomic E-state index is 13.2. The van der Waals surface area contributed by atoms with E-state index < -0.39 is 0 Å². The van der Waals surface area contributed by atoms with Crippen molar-refractivity contribution < 1.29 is 4.39 Å². The average molecular weight is 236 g/mol. The Hall–Kier alpha value is -0.930. The summed E-state index contributed by atoms with van der Waals surface area (Å²) in [7, 11) is 2.08. The van der Waals surface area contributed by atoms with Gasteiger partial charge in [-0.05, 0) is 50.1 Å². The summed E-state index contributed by atoms with van der Waals surface area (Å²) < 4.78 is 13.2. The van der Waals surface area contributed by atoms with Gasteiger partial charge in [0.05, 0.1) is 0 Å². The molecule has 0 aromatic heterocycles. The van der Waals surface area contributed by atoms with Crippen molar-refractivity contribution in [2.24, 2.45) is 0 Å². The average Bonchev–Trinajstić information content (AvgIpc) is 2.99. The van der Waals surface area contributed by atoms with Crippen molar-refractivity contribution in [2.45, 2.75) is 32.4 Å². The number of halogens is 1. The van der Waals surface area contributed by atoms with Crippen LogP contribution in [0.2, 0.25) is 0 Å². The number of benzene rings is 1. The van der Waals surface area contributed by atoms with Crippen LogP contribution in [0.4, 0.5) is 4.39 Å². The number of nitrogens with one attached hydrogen (secondary N) is 1. The fraction of sp³-hybridized carbons (Fsp3) is 0.571. The fourth-order valence-corrected chi connectivity index (χ4v) is 2.04. The van der Waals surface area contributed by atoms with Gasteiger partial charge >= 0.3 is 0 Å². The Kier molecular flexibility index (Phi) is 4.13. The topological polar surface area (TPSA) is 15.3 Å². The van der Waals surface area contributed by atoms with E-state index in [9.17, 15) is 4.39 Å². The molecular formula is C14H21FN2. The van der Waals surface area contributed by atoms with Gasteiger partial charge in [-0.1, -0.05) is 6.07 Å². The van der Waals surface area contributed by atoms with Gasteiger partial charge < -0.3 is 10.2 Å². The maximum atomic E-state index is 13.2. The van der Waals surface area contributed by atoms with E-state index in [4.69, 9.17) is 0 Å². The molecule has 0 heterocycles. The summed E-state index contributed by atoms with van der Waals surface area (Å²) >= 11 is 0. The van der Waals surface area contributed by atoms with E-state index in [-0.39, 0.29) is 5.82 Å². The first-order chi connectivity index (χ1) is 8.13. The van der Waals surface area contributed by atoms with Gasteiger partial charge in [0.25, 0.3) is 0 Å². The van der Waals surface area contributed by atoms with Crippen molar-refractivity contribution in [1.29, 1.82) is 0 Å². The van der Waals surface area contributed by atoms with Crippen LogP contribution in [0.5, 0.6) is 0 Å². The molecule has 0 amide bonds. The molecule has 0 aliphatic heterocycles. The Morgan fingerprint density at radius 3 is 2.76 bits per heavy atom. The van der Waals surface area contributed by atoms with Crippen molar-refractivity contribution in [3.63, 3.8) is 0 Å². The third-order valence-electron chi connectivity index (χ3n) is 3.06. The highest BCUT2D eigenvalue weighted by Gasteiger charge is 2.19. The van der Waals surface area contributed by atoms with E-state index in [2.05, 4.69) is 17.3 Å². The van der Waals surface area contributed by atoms with Gasteiger partial charge in [0, 0.05) is 25.7 Å². The SMILES string of the molecule is Cc1cc(F)cc(CN(C)CCNC2CC2)c1. The first-order valence-corrected chi connectivity index (χ1v) is 6.31. The van der Waals surface area contributed by atoms with Gasteiger partial charge in [-0.3, -0.25) is 0 Å². The minimum Gasteiger partial charge on any atom is -0.313 e. The molecule has 94 valence electrons. The lowest BCUT2D eigenvalue weighted by molar-refractivity contribution is 0.323. The predicted octanol–water partition coefficient (Wildman–Crippen LogP) is 2.32. The summed E-state index contributed by atoms with van der Waals surface area (Å²) in [6.07, 6.45) is 2.65. The smallest absolute Gasteiger partial charge is 0.123 e. The van der Waals surface area contributed by atoms with Gasteiger partial charge in [-0.2, -0.15) is 0 Å². The molecule has 1 aliphatic carbocycles. The minimum atomic E-state index is -0.135. The highest BCUT2D eigenvalue weighted by Crippen LogP contribution is 2.18. The Balaban J connectivity index is 1.77. The van der Waals surface area contributed by atoms with Crippen LogP contribution >= 0.6 is 0 Å². The standard InChI is InChI=1S/C14H21FN2/c1-11-7-12(9-13(15)8-11)10-17(2)6-5-16-14-3-4-14/h7-9,14,16H,3-6,10H2,1-2H3. The van der Waals surface area contributed by atoms with Crippen LogP contribution in [0.25, 0.3) is 0 Å². The number of nitrogens with zero attached hydrogens (tertiary/aromatic N) is 1. The molecule has 2 rings (SSSR count). The molecule has 1 saturated carbocycles. The second-order valence-electron chi connectivity index (χ2n) is 5.10. The van der Waals surface area contributed by atoms with Crippen molar-refractivity contribution in [3.05, 3.63) is 35.1 Å². The number of hydrogen-bond donors (Lipinski definition) is 1. The molecule has 0 atom stereocenters. The second kappa shape index (κ2) is 5.61. The Labute approximate surface area is 103 Å². The highest BCUT2D eigenvalue weighted by atomic mass is 19.1. The van der Waals surface area contributed by atoms with E-state index in [0.29, 0.717) is 0 Å². The van der Waals surface area contributed by atoms with Gasteiger partial charge in [-0.15, -0.1) is 0 Å². The number of aryl methyl sites for hydroxylation is 1. The van der Waals surface area contributed by atoms with E-state index in [0.717, 1.165) is 36.8 Å². The van der Waals surface area contributed by atoms with Gasteiger partial charge in [-0.25, -0.2) is 4.39 Å². The first kappa shape index (κ1) is 12.5. The molecule has 2 nitrogen and oxygen atoms in total. The van der Waals surface area contributed by atoms with Crippen LogP contribution < -0.4 is 5.32 Å². The Bertz CT molecular complexity index is 354. The monoisotopic (exact) mass is 236 g/mol. The zero-order valence-electron chi connectivity index (χ0n) is 10.7. The lowest BCUT2D eigenvalue weighted by Crippen LogP contribution is -2.30. The normalized spacial score (nSPS) is 15.5. The number of hydrogen-bond acceptors (Lipinski definition) is 2. The van der Waals surface area contributed by atoms with E-state index >= 15 is 0 Å². The van der Waals surface area contributed by atoms with Crippen LogP contribution in [0.1, 0.15) is 24.0 Å². The molecule has 0 radical (unpaired) electrons. The zero-order chi connectivity index (χ0) is 12.3. The molecular weight excluding hydrogens is 215 g/mol. The molecule has 1 aliphatic rings. The lowest BCUT2D eigenvalue weighted by atomic mass is 10.1. The quantitative estimate of drug-likeness (QED) is 0.815. The van der Waals surface area contributed by atoms with Crippen LogP contribution in [-0.4, -0.2) is 31.1 Å². The molecule has 3 heteroatoms.